The van der Waals surface area contributed by atoms with Crippen LogP contribution in [0, 0.1) is 24.2 Å². The minimum absolute atomic E-state index is 0.247. The summed E-state index contributed by atoms with van der Waals surface area (Å²) in [5, 5.41) is 11.5. The Hall–Kier alpha value is -2.74. The third-order valence-electron chi connectivity index (χ3n) is 3.36. The lowest BCUT2D eigenvalue weighted by atomic mass is 10.1. The summed E-state index contributed by atoms with van der Waals surface area (Å²) in [6, 6.07) is 9.87. The number of nitrogens with zero attached hydrogens (tertiary/aromatic N) is 3. The van der Waals surface area contributed by atoms with Crippen molar-refractivity contribution in [1.82, 2.24) is 10.3 Å². The molecule has 1 aromatic carbocycles. The second kappa shape index (κ2) is 7.32. The molecule has 1 atom stereocenters. The van der Waals surface area contributed by atoms with Gasteiger partial charge in [0.05, 0.1) is 6.04 Å². The maximum Gasteiger partial charge on any atom is 0.182 e. The van der Waals surface area contributed by atoms with Crippen molar-refractivity contribution < 1.29 is 4.39 Å². The molecule has 112 valence electrons. The van der Waals surface area contributed by atoms with Crippen molar-refractivity contribution in [2.75, 3.05) is 0 Å². The molecule has 0 aliphatic rings. The van der Waals surface area contributed by atoms with Crippen LogP contribution in [0.25, 0.3) is 0 Å². The number of pyridine rings is 1. The van der Waals surface area contributed by atoms with Gasteiger partial charge < -0.3 is 0 Å². The fourth-order valence-electron chi connectivity index (χ4n) is 2.15. The second-order valence-electron chi connectivity index (χ2n) is 4.97. The van der Waals surface area contributed by atoms with Crippen molar-refractivity contribution >= 4 is 5.84 Å². The standard InChI is InChI=1S/C17H17FN4/c1-12-15(6-4-8-20-12)10-17(21-11-19)22-13(2)14-5-3-7-16(18)9-14/h3-9,13H,10H2,1-2H3,(H,21,22). The monoisotopic (exact) mass is 296 g/mol. The zero-order valence-electron chi connectivity index (χ0n) is 12.5. The molecule has 0 saturated carbocycles. The Morgan fingerprint density at radius 1 is 1.41 bits per heavy atom. The van der Waals surface area contributed by atoms with Crippen LogP contribution in [0.1, 0.15) is 29.8 Å². The lowest BCUT2D eigenvalue weighted by molar-refractivity contribution is 0.622. The van der Waals surface area contributed by atoms with Crippen LogP contribution < -0.4 is 5.32 Å². The van der Waals surface area contributed by atoms with Crippen LogP contribution in [0.3, 0.4) is 0 Å². The number of rotatable bonds is 4. The van der Waals surface area contributed by atoms with E-state index in [0.717, 1.165) is 16.8 Å². The van der Waals surface area contributed by atoms with E-state index in [1.807, 2.05) is 38.2 Å². The molecular weight excluding hydrogens is 279 g/mol. The fraction of sp³-hybridized carbons (Fsp3) is 0.235. The normalized spacial score (nSPS) is 12.5. The molecule has 1 aromatic heterocycles. The van der Waals surface area contributed by atoms with E-state index in [9.17, 15) is 4.39 Å². The molecule has 1 N–H and O–H groups in total. The van der Waals surface area contributed by atoms with Crippen molar-refractivity contribution in [3.63, 3.8) is 0 Å². The quantitative estimate of drug-likeness (QED) is 0.407. The van der Waals surface area contributed by atoms with E-state index in [0.29, 0.717) is 12.3 Å². The molecule has 2 aromatic rings. The van der Waals surface area contributed by atoms with Gasteiger partial charge >= 0.3 is 0 Å². The average molecular weight is 296 g/mol. The van der Waals surface area contributed by atoms with Gasteiger partial charge in [0, 0.05) is 18.3 Å². The van der Waals surface area contributed by atoms with E-state index in [1.165, 1.54) is 12.1 Å². The highest BCUT2D eigenvalue weighted by atomic mass is 19.1. The van der Waals surface area contributed by atoms with Gasteiger partial charge in [-0.1, -0.05) is 18.2 Å². The molecule has 5 heteroatoms. The highest BCUT2D eigenvalue weighted by Crippen LogP contribution is 2.18. The van der Waals surface area contributed by atoms with Gasteiger partial charge in [0.2, 0.25) is 0 Å². The summed E-state index contributed by atoms with van der Waals surface area (Å²) in [5.41, 5.74) is 2.66. The van der Waals surface area contributed by atoms with Gasteiger partial charge in [-0.25, -0.2) is 4.39 Å². The summed E-state index contributed by atoms with van der Waals surface area (Å²) >= 11 is 0. The molecule has 22 heavy (non-hydrogen) atoms. The maximum atomic E-state index is 13.3. The van der Waals surface area contributed by atoms with Crippen molar-refractivity contribution in [1.29, 1.82) is 5.26 Å². The highest BCUT2D eigenvalue weighted by molar-refractivity contribution is 5.86. The number of aromatic nitrogens is 1. The van der Waals surface area contributed by atoms with Crippen LogP contribution in [0.2, 0.25) is 0 Å². The largest absolute Gasteiger partial charge is 0.280 e. The van der Waals surface area contributed by atoms with Crippen LogP contribution in [0.15, 0.2) is 47.6 Å². The Labute approximate surface area is 129 Å². The van der Waals surface area contributed by atoms with Crippen molar-refractivity contribution in [2.24, 2.45) is 4.99 Å². The van der Waals surface area contributed by atoms with Crippen molar-refractivity contribution in [3.05, 3.63) is 65.2 Å². The van der Waals surface area contributed by atoms with Crippen molar-refractivity contribution in [2.45, 2.75) is 26.3 Å². The first-order chi connectivity index (χ1) is 10.6. The first kappa shape index (κ1) is 15.6. The molecule has 0 fully saturated rings. The molecule has 2 rings (SSSR count). The molecule has 0 amide bonds. The van der Waals surface area contributed by atoms with Gasteiger partial charge in [-0.05, 0) is 43.2 Å². The lowest BCUT2D eigenvalue weighted by Crippen LogP contribution is -2.22. The summed E-state index contributed by atoms with van der Waals surface area (Å²) in [4.78, 5) is 8.73. The molecule has 0 radical (unpaired) electrons. The third kappa shape index (κ3) is 4.13. The number of amidine groups is 1. The summed E-state index contributed by atoms with van der Waals surface area (Å²) in [6.45, 7) is 3.78. The Bertz CT molecular complexity index is 719. The van der Waals surface area contributed by atoms with E-state index < -0.39 is 0 Å². The molecule has 4 nitrogen and oxygen atoms in total. The predicted molar refractivity (Wildman–Crippen MR) is 83.7 cm³/mol. The summed E-state index contributed by atoms with van der Waals surface area (Å²) in [7, 11) is 0. The van der Waals surface area contributed by atoms with Crippen LogP contribution in [0.4, 0.5) is 4.39 Å². The predicted octanol–water partition coefficient (Wildman–Crippen LogP) is 3.30. The van der Waals surface area contributed by atoms with Crippen LogP contribution in [-0.4, -0.2) is 10.8 Å². The number of aliphatic imine (C=N–C) groups is 1. The number of aryl methyl sites for hydroxylation is 1. The summed E-state index contributed by atoms with van der Waals surface area (Å²) in [5.74, 6) is 0.243. The smallest absolute Gasteiger partial charge is 0.182 e. The van der Waals surface area contributed by atoms with Gasteiger partial charge in [-0.3, -0.25) is 15.3 Å². The number of hydrogen-bond donors (Lipinski definition) is 1. The number of benzene rings is 1. The van der Waals surface area contributed by atoms with E-state index in [4.69, 9.17) is 5.26 Å². The first-order valence-electron chi connectivity index (χ1n) is 6.98. The zero-order chi connectivity index (χ0) is 15.9. The van der Waals surface area contributed by atoms with E-state index in [2.05, 4.69) is 15.3 Å². The van der Waals surface area contributed by atoms with Gasteiger partial charge in [0.1, 0.15) is 11.7 Å². The fourth-order valence-corrected chi connectivity index (χ4v) is 2.15. The number of hydrogen-bond acceptors (Lipinski definition) is 3. The number of nitrogens with one attached hydrogen (secondary N) is 1. The Morgan fingerprint density at radius 2 is 2.23 bits per heavy atom. The summed E-state index contributed by atoms with van der Waals surface area (Å²) < 4.78 is 13.3. The number of halogens is 1. The number of nitriles is 1. The molecule has 0 spiro atoms. The minimum atomic E-state index is -0.294. The molecule has 0 aliphatic heterocycles. The molecule has 0 aliphatic carbocycles. The van der Waals surface area contributed by atoms with Crippen molar-refractivity contribution in [3.8, 4) is 6.19 Å². The Balaban J connectivity index is 2.23. The van der Waals surface area contributed by atoms with E-state index in [-0.39, 0.29) is 11.9 Å². The highest BCUT2D eigenvalue weighted by Gasteiger charge is 2.09. The third-order valence-corrected chi connectivity index (χ3v) is 3.36. The van der Waals surface area contributed by atoms with Gasteiger partial charge in [-0.15, -0.1) is 0 Å². The van der Waals surface area contributed by atoms with Crippen LogP contribution in [0.5, 0.6) is 0 Å². The Kier molecular flexibility index (Phi) is 5.21. The zero-order valence-corrected chi connectivity index (χ0v) is 12.5. The van der Waals surface area contributed by atoms with E-state index in [1.54, 1.807) is 12.3 Å². The van der Waals surface area contributed by atoms with E-state index >= 15 is 0 Å². The average Bonchev–Trinajstić information content (AvgIpc) is 2.50. The topological polar surface area (TPSA) is 61.1 Å². The maximum absolute atomic E-state index is 13.3. The van der Waals surface area contributed by atoms with Gasteiger partial charge in [0.15, 0.2) is 6.19 Å². The van der Waals surface area contributed by atoms with Crippen LogP contribution >= 0.6 is 0 Å². The minimum Gasteiger partial charge on any atom is -0.280 e. The molecule has 1 heterocycles. The molecule has 0 bridgehead atoms. The summed E-state index contributed by atoms with van der Waals surface area (Å²) in [6.07, 6.45) is 4.10. The first-order valence-corrected chi connectivity index (χ1v) is 6.98. The molecule has 1 unspecified atom stereocenters. The second-order valence-corrected chi connectivity index (χ2v) is 4.97. The molecule has 0 saturated heterocycles. The van der Waals surface area contributed by atoms with Crippen LogP contribution in [-0.2, 0) is 6.42 Å². The lowest BCUT2D eigenvalue weighted by Gasteiger charge is -2.11. The van der Waals surface area contributed by atoms with Gasteiger partial charge in [0.25, 0.3) is 0 Å². The Morgan fingerprint density at radius 3 is 2.91 bits per heavy atom. The van der Waals surface area contributed by atoms with Gasteiger partial charge in [-0.2, -0.15) is 5.26 Å². The SMILES string of the molecule is Cc1ncccc1CC(=NC(C)c1cccc(F)c1)NC#N. The molecular formula is C17H17FN4.